The van der Waals surface area contributed by atoms with E-state index in [1.807, 2.05) is 20.2 Å². The summed E-state index contributed by atoms with van der Waals surface area (Å²) in [6.45, 7) is 9.22. The van der Waals surface area contributed by atoms with Gasteiger partial charge in [0, 0.05) is 6.54 Å². The Hall–Kier alpha value is -1.31. The number of aryl methyl sites for hydroxylation is 2. The molecule has 0 amide bonds. The van der Waals surface area contributed by atoms with E-state index in [9.17, 15) is 0 Å². The minimum atomic E-state index is 0.986. The molecule has 0 aliphatic carbocycles. The van der Waals surface area contributed by atoms with Crippen molar-refractivity contribution < 1.29 is 0 Å². The number of fused-ring (bicyclic) bond motifs is 1. The van der Waals surface area contributed by atoms with Crippen molar-refractivity contribution in [2.45, 2.75) is 34.2 Å². The largest absolute Gasteiger partial charge is 0.331 e. The lowest BCUT2D eigenvalue weighted by atomic mass is 10.2. The Balaban J connectivity index is 0.000000461. The lowest BCUT2D eigenvalue weighted by Gasteiger charge is -1.98. The highest BCUT2D eigenvalue weighted by molar-refractivity contribution is 5.75. The number of benzene rings is 1. The highest BCUT2D eigenvalue weighted by Crippen LogP contribution is 2.13. The molecule has 0 bridgehead atoms. The predicted molar refractivity (Wildman–Crippen MR) is 61.5 cm³/mol. The first-order valence-electron chi connectivity index (χ1n) is 5.22. The highest BCUT2D eigenvalue weighted by atomic mass is 15.0. The van der Waals surface area contributed by atoms with Crippen molar-refractivity contribution in [3.8, 4) is 0 Å². The molecule has 0 atom stereocenters. The Kier molecular flexibility index (Phi) is 3.69. The molecule has 0 saturated heterocycles. The monoisotopic (exact) mass is 190 g/mol. The third kappa shape index (κ3) is 1.95. The van der Waals surface area contributed by atoms with Crippen molar-refractivity contribution in [1.29, 1.82) is 0 Å². The van der Waals surface area contributed by atoms with Crippen LogP contribution in [0.5, 0.6) is 0 Å². The molecule has 1 heterocycles. The summed E-state index contributed by atoms with van der Waals surface area (Å²) >= 11 is 0. The summed E-state index contributed by atoms with van der Waals surface area (Å²) in [6.07, 6.45) is 1.89. The van der Waals surface area contributed by atoms with Gasteiger partial charge in [0.05, 0.1) is 17.4 Å². The SMILES string of the molecule is CC.CCn1cnc2ccc(C)cc21. The maximum Gasteiger partial charge on any atom is 0.0958 e. The molecule has 1 aromatic carbocycles. The van der Waals surface area contributed by atoms with Crippen LogP contribution in [0.2, 0.25) is 0 Å². The predicted octanol–water partition coefficient (Wildman–Crippen LogP) is 3.39. The molecule has 2 aromatic rings. The van der Waals surface area contributed by atoms with Gasteiger partial charge in [0.2, 0.25) is 0 Å². The van der Waals surface area contributed by atoms with Crippen LogP contribution >= 0.6 is 0 Å². The highest BCUT2D eigenvalue weighted by Gasteiger charge is 1.99. The van der Waals surface area contributed by atoms with E-state index < -0.39 is 0 Å². The van der Waals surface area contributed by atoms with Crippen molar-refractivity contribution in [2.24, 2.45) is 0 Å². The quantitative estimate of drug-likeness (QED) is 0.674. The normalized spacial score (nSPS) is 9.71. The Labute approximate surface area is 85.6 Å². The number of imidazole rings is 1. The lowest BCUT2D eigenvalue weighted by Crippen LogP contribution is -1.90. The average molecular weight is 190 g/mol. The number of hydrogen-bond donors (Lipinski definition) is 0. The minimum Gasteiger partial charge on any atom is -0.331 e. The Bertz CT molecular complexity index is 402. The molecule has 0 N–H and O–H groups in total. The van der Waals surface area contributed by atoms with Crippen LogP contribution in [0.1, 0.15) is 26.3 Å². The molecule has 0 aliphatic heterocycles. The molecule has 0 spiro atoms. The van der Waals surface area contributed by atoms with Crippen molar-refractivity contribution in [2.75, 3.05) is 0 Å². The van der Waals surface area contributed by atoms with Crippen molar-refractivity contribution in [1.82, 2.24) is 9.55 Å². The zero-order valence-corrected chi connectivity index (χ0v) is 9.41. The van der Waals surface area contributed by atoms with Crippen LogP contribution in [0.3, 0.4) is 0 Å². The molecule has 1 aromatic heterocycles. The summed E-state index contributed by atoms with van der Waals surface area (Å²) in [4.78, 5) is 4.29. The lowest BCUT2D eigenvalue weighted by molar-refractivity contribution is 0.787. The number of aromatic nitrogens is 2. The second-order valence-electron chi connectivity index (χ2n) is 3.02. The van der Waals surface area contributed by atoms with E-state index in [0.29, 0.717) is 0 Å². The molecule has 2 rings (SSSR count). The van der Waals surface area contributed by atoms with Crippen LogP contribution in [0.4, 0.5) is 0 Å². The molecule has 0 saturated carbocycles. The van der Waals surface area contributed by atoms with Crippen LogP contribution in [0, 0.1) is 6.92 Å². The molecule has 2 heteroatoms. The maximum absolute atomic E-state index is 4.29. The van der Waals surface area contributed by atoms with E-state index in [1.54, 1.807) is 0 Å². The molecule has 0 fully saturated rings. The molecular weight excluding hydrogens is 172 g/mol. The Morgan fingerprint density at radius 2 is 2.00 bits per heavy atom. The van der Waals surface area contributed by atoms with Gasteiger partial charge >= 0.3 is 0 Å². The van der Waals surface area contributed by atoms with E-state index >= 15 is 0 Å². The van der Waals surface area contributed by atoms with E-state index in [-0.39, 0.29) is 0 Å². The van der Waals surface area contributed by atoms with Gasteiger partial charge < -0.3 is 4.57 Å². The Morgan fingerprint density at radius 3 is 2.64 bits per heavy atom. The average Bonchev–Trinajstić information content (AvgIpc) is 2.63. The van der Waals surface area contributed by atoms with Crippen molar-refractivity contribution in [3.63, 3.8) is 0 Å². The first-order valence-corrected chi connectivity index (χ1v) is 5.22. The zero-order chi connectivity index (χ0) is 10.6. The van der Waals surface area contributed by atoms with Gasteiger partial charge in [-0.15, -0.1) is 0 Å². The smallest absolute Gasteiger partial charge is 0.0958 e. The summed E-state index contributed by atoms with van der Waals surface area (Å²) in [6, 6.07) is 6.33. The van der Waals surface area contributed by atoms with Gasteiger partial charge in [0.1, 0.15) is 0 Å². The van der Waals surface area contributed by atoms with Gasteiger partial charge in [-0.1, -0.05) is 19.9 Å². The third-order valence-corrected chi connectivity index (χ3v) is 2.12. The van der Waals surface area contributed by atoms with Crippen LogP contribution < -0.4 is 0 Å². The standard InChI is InChI=1S/C10H12N2.C2H6/c1-3-12-7-11-9-5-4-8(2)6-10(9)12;1-2/h4-7H,3H2,1-2H3;1-2H3. The summed E-state index contributed by atoms with van der Waals surface area (Å²) < 4.78 is 2.16. The minimum absolute atomic E-state index is 0.986. The second-order valence-corrected chi connectivity index (χ2v) is 3.02. The Morgan fingerprint density at radius 1 is 1.29 bits per heavy atom. The summed E-state index contributed by atoms with van der Waals surface area (Å²) in [5.41, 5.74) is 3.61. The summed E-state index contributed by atoms with van der Waals surface area (Å²) in [5.74, 6) is 0. The number of rotatable bonds is 1. The number of hydrogen-bond acceptors (Lipinski definition) is 1. The molecule has 0 aliphatic rings. The van der Waals surface area contributed by atoms with Gasteiger partial charge in [0.25, 0.3) is 0 Å². The van der Waals surface area contributed by atoms with Crippen LogP contribution in [-0.4, -0.2) is 9.55 Å². The van der Waals surface area contributed by atoms with Crippen LogP contribution in [0.15, 0.2) is 24.5 Å². The van der Waals surface area contributed by atoms with Crippen LogP contribution in [-0.2, 0) is 6.54 Å². The molecular formula is C12H18N2. The van der Waals surface area contributed by atoms with E-state index in [1.165, 1.54) is 11.1 Å². The second kappa shape index (κ2) is 4.80. The number of nitrogens with zero attached hydrogens (tertiary/aromatic N) is 2. The van der Waals surface area contributed by atoms with Gasteiger partial charge in [-0.25, -0.2) is 4.98 Å². The molecule has 76 valence electrons. The van der Waals surface area contributed by atoms with Crippen LogP contribution in [0.25, 0.3) is 11.0 Å². The molecule has 14 heavy (non-hydrogen) atoms. The zero-order valence-electron chi connectivity index (χ0n) is 9.41. The molecule has 0 unspecified atom stereocenters. The maximum atomic E-state index is 4.29. The van der Waals surface area contributed by atoms with Gasteiger partial charge in [-0.3, -0.25) is 0 Å². The van der Waals surface area contributed by atoms with E-state index in [4.69, 9.17) is 0 Å². The summed E-state index contributed by atoms with van der Waals surface area (Å²) in [7, 11) is 0. The van der Waals surface area contributed by atoms with Crippen molar-refractivity contribution in [3.05, 3.63) is 30.1 Å². The summed E-state index contributed by atoms with van der Waals surface area (Å²) in [5, 5.41) is 0. The topological polar surface area (TPSA) is 17.8 Å². The fraction of sp³-hybridized carbons (Fsp3) is 0.417. The molecule has 0 radical (unpaired) electrons. The first-order chi connectivity index (χ1) is 6.81. The fourth-order valence-electron chi connectivity index (χ4n) is 1.42. The third-order valence-electron chi connectivity index (χ3n) is 2.12. The first kappa shape index (κ1) is 10.8. The fourth-order valence-corrected chi connectivity index (χ4v) is 1.42. The van der Waals surface area contributed by atoms with Gasteiger partial charge in [0.15, 0.2) is 0 Å². The van der Waals surface area contributed by atoms with Crippen molar-refractivity contribution >= 4 is 11.0 Å². The van der Waals surface area contributed by atoms with Gasteiger partial charge in [-0.2, -0.15) is 0 Å². The van der Waals surface area contributed by atoms with E-state index in [0.717, 1.165) is 12.1 Å². The molecule has 2 nitrogen and oxygen atoms in total. The van der Waals surface area contributed by atoms with E-state index in [2.05, 4.69) is 41.6 Å². The van der Waals surface area contributed by atoms with Gasteiger partial charge in [-0.05, 0) is 31.5 Å².